The second-order valence-corrected chi connectivity index (χ2v) is 3.00. The zero-order valence-corrected chi connectivity index (χ0v) is 6.48. The molecule has 0 N–H and O–H groups in total. The first kappa shape index (κ1) is 6.98. The van der Waals surface area contributed by atoms with Crippen LogP contribution in [0, 0.1) is 5.82 Å². The minimum atomic E-state index is -0.448. The van der Waals surface area contributed by atoms with E-state index in [1.807, 2.05) is 0 Å². The van der Waals surface area contributed by atoms with Crippen molar-refractivity contribution in [1.82, 2.24) is 9.97 Å². The molecule has 2 nitrogen and oxygen atoms in total. The van der Waals surface area contributed by atoms with Gasteiger partial charge in [-0.15, -0.1) is 0 Å². The summed E-state index contributed by atoms with van der Waals surface area (Å²) in [5.41, 5.74) is 0.477. The maximum atomic E-state index is 13.0. The van der Waals surface area contributed by atoms with Crippen LogP contribution in [-0.4, -0.2) is 9.97 Å². The Bertz CT molecular complexity index is 286. The van der Waals surface area contributed by atoms with Gasteiger partial charge in [0, 0.05) is 5.92 Å². The van der Waals surface area contributed by atoms with Crippen LogP contribution in [0.1, 0.15) is 24.5 Å². The Balaban J connectivity index is 2.45. The highest BCUT2D eigenvalue weighted by molar-refractivity contribution is 6.29. The third kappa shape index (κ3) is 1.20. The minimum absolute atomic E-state index is 0.0677. The van der Waals surface area contributed by atoms with Crippen LogP contribution in [0.3, 0.4) is 0 Å². The fourth-order valence-electron chi connectivity index (χ4n) is 1.00. The molecule has 0 saturated heterocycles. The van der Waals surface area contributed by atoms with Crippen molar-refractivity contribution in [3.8, 4) is 0 Å². The van der Waals surface area contributed by atoms with E-state index in [1.54, 1.807) is 0 Å². The third-order valence-electron chi connectivity index (χ3n) is 1.74. The Kier molecular flexibility index (Phi) is 1.53. The molecule has 0 unspecified atom stereocenters. The van der Waals surface area contributed by atoms with Crippen molar-refractivity contribution >= 4 is 11.6 Å². The van der Waals surface area contributed by atoms with E-state index >= 15 is 0 Å². The molecular weight excluding hydrogens is 167 g/mol. The summed E-state index contributed by atoms with van der Waals surface area (Å²) in [6.07, 6.45) is 3.34. The molecule has 1 heterocycles. The molecule has 1 fully saturated rings. The van der Waals surface area contributed by atoms with Crippen LogP contribution in [0.4, 0.5) is 4.39 Å². The molecule has 1 aromatic rings. The highest BCUT2D eigenvalue weighted by atomic mass is 35.5. The van der Waals surface area contributed by atoms with E-state index in [2.05, 4.69) is 9.97 Å². The second-order valence-electron chi connectivity index (χ2n) is 2.64. The smallest absolute Gasteiger partial charge is 0.182 e. The van der Waals surface area contributed by atoms with Crippen molar-refractivity contribution in [3.05, 3.63) is 23.0 Å². The Morgan fingerprint density at radius 2 is 2.18 bits per heavy atom. The lowest BCUT2D eigenvalue weighted by molar-refractivity contribution is 0.592. The van der Waals surface area contributed by atoms with Crippen molar-refractivity contribution in [3.63, 3.8) is 0 Å². The largest absolute Gasteiger partial charge is 0.238 e. The molecule has 1 saturated carbocycles. The predicted octanol–water partition coefficient (Wildman–Crippen LogP) is 2.15. The molecule has 0 bridgehead atoms. The number of halogens is 2. The summed E-state index contributed by atoms with van der Waals surface area (Å²) >= 11 is 5.46. The van der Waals surface area contributed by atoms with E-state index in [-0.39, 0.29) is 11.1 Å². The molecule has 0 atom stereocenters. The molecule has 1 aliphatic rings. The first-order valence-electron chi connectivity index (χ1n) is 3.45. The van der Waals surface area contributed by atoms with Gasteiger partial charge in [-0.25, -0.2) is 14.4 Å². The summed E-state index contributed by atoms with van der Waals surface area (Å²) in [5, 5.41) is -0.0677. The molecule has 0 aliphatic heterocycles. The molecule has 2 rings (SSSR count). The van der Waals surface area contributed by atoms with Crippen molar-refractivity contribution in [2.45, 2.75) is 18.8 Å². The van der Waals surface area contributed by atoms with Crippen LogP contribution in [0.2, 0.25) is 5.15 Å². The second kappa shape index (κ2) is 2.41. The van der Waals surface area contributed by atoms with Crippen LogP contribution in [-0.2, 0) is 0 Å². The summed E-state index contributed by atoms with van der Waals surface area (Å²) in [6.45, 7) is 0. The number of hydrogen-bond acceptors (Lipinski definition) is 2. The number of aromatic nitrogens is 2. The SMILES string of the molecule is Fc1c(Cl)ncnc1C1CC1. The lowest BCUT2D eigenvalue weighted by Crippen LogP contribution is -1.94. The van der Waals surface area contributed by atoms with E-state index in [4.69, 9.17) is 11.6 Å². The molecule has 1 aromatic heterocycles. The first-order valence-corrected chi connectivity index (χ1v) is 3.82. The number of rotatable bonds is 1. The van der Waals surface area contributed by atoms with Gasteiger partial charge in [-0.1, -0.05) is 11.6 Å². The lowest BCUT2D eigenvalue weighted by Gasteiger charge is -1.98. The molecule has 1 aliphatic carbocycles. The monoisotopic (exact) mass is 172 g/mol. The van der Waals surface area contributed by atoms with Crippen molar-refractivity contribution < 1.29 is 4.39 Å². The topological polar surface area (TPSA) is 25.8 Å². The van der Waals surface area contributed by atoms with Crippen LogP contribution >= 0.6 is 11.6 Å². The highest BCUT2D eigenvalue weighted by Crippen LogP contribution is 2.40. The van der Waals surface area contributed by atoms with Crippen LogP contribution in [0.15, 0.2) is 6.33 Å². The Labute approximate surface area is 68.4 Å². The van der Waals surface area contributed by atoms with Crippen LogP contribution in [0.5, 0.6) is 0 Å². The van der Waals surface area contributed by atoms with Gasteiger partial charge >= 0.3 is 0 Å². The van der Waals surface area contributed by atoms with E-state index < -0.39 is 5.82 Å². The van der Waals surface area contributed by atoms with Gasteiger partial charge < -0.3 is 0 Å². The van der Waals surface area contributed by atoms with E-state index in [0.29, 0.717) is 5.69 Å². The molecule has 58 valence electrons. The van der Waals surface area contributed by atoms with Crippen LogP contribution < -0.4 is 0 Å². The van der Waals surface area contributed by atoms with Crippen molar-refractivity contribution in [1.29, 1.82) is 0 Å². The van der Waals surface area contributed by atoms with Gasteiger partial charge in [0.2, 0.25) is 0 Å². The average Bonchev–Trinajstić information content (AvgIpc) is 2.77. The molecule has 0 spiro atoms. The molecule has 0 radical (unpaired) electrons. The average molecular weight is 173 g/mol. The van der Waals surface area contributed by atoms with Gasteiger partial charge in [0.25, 0.3) is 0 Å². The molecule has 11 heavy (non-hydrogen) atoms. The lowest BCUT2D eigenvalue weighted by atomic mass is 10.3. The number of nitrogens with zero attached hydrogens (tertiary/aromatic N) is 2. The van der Waals surface area contributed by atoms with Crippen molar-refractivity contribution in [2.24, 2.45) is 0 Å². The summed E-state index contributed by atoms with van der Waals surface area (Å²) in [4.78, 5) is 7.36. The van der Waals surface area contributed by atoms with Gasteiger partial charge in [-0.2, -0.15) is 0 Å². The number of hydrogen-bond donors (Lipinski definition) is 0. The van der Waals surface area contributed by atoms with Gasteiger partial charge in [0.1, 0.15) is 6.33 Å². The molecule has 0 aromatic carbocycles. The Morgan fingerprint density at radius 1 is 1.45 bits per heavy atom. The molecule has 4 heteroatoms. The van der Waals surface area contributed by atoms with Gasteiger partial charge in [0.15, 0.2) is 11.0 Å². The fourth-order valence-corrected chi connectivity index (χ4v) is 1.14. The third-order valence-corrected chi connectivity index (χ3v) is 2.00. The standard InChI is InChI=1S/C7H6ClFN2/c8-7-5(9)6(4-1-2-4)10-3-11-7/h3-4H,1-2H2. The van der Waals surface area contributed by atoms with E-state index in [0.717, 1.165) is 12.8 Å². The maximum absolute atomic E-state index is 13.0. The van der Waals surface area contributed by atoms with Gasteiger partial charge in [-0.05, 0) is 12.8 Å². The molecular formula is C7H6ClFN2. The summed E-state index contributed by atoms with van der Waals surface area (Å²) in [6, 6.07) is 0. The normalized spacial score (nSPS) is 16.9. The summed E-state index contributed by atoms with van der Waals surface area (Å²) in [7, 11) is 0. The van der Waals surface area contributed by atoms with E-state index in [1.165, 1.54) is 6.33 Å². The summed E-state index contributed by atoms with van der Waals surface area (Å²) in [5.74, 6) is -0.160. The minimum Gasteiger partial charge on any atom is -0.238 e. The maximum Gasteiger partial charge on any atom is 0.182 e. The first-order chi connectivity index (χ1) is 5.29. The van der Waals surface area contributed by atoms with Crippen molar-refractivity contribution in [2.75, 3.05) is 0 Å². The van der Waals surface area contributed by atoms with Gasteiger partial charge in [0.05, 0.1) is 5.69 Å². The fraction of sp³-hybridized carbons (Fsp3) is 0.429. The zero-order chi connectivity index (χ0) is 7.84. The van der Waals surface area contributed by atoms with Gasteiger partial charge in [-0.3, -0.25) is 0 Å². The van der Waals surface area contributed by atoms with E-state index in [9.17, 15) is 4.39 Å². The van der Waals surface area contributed by atoms with Crippen LogP contribution in [0.25, 0.3) is 0 Å². The summed E-state index contributed by atoms with van der Waals surface area (Å²) < 4.78 is 13.0. The Morgan fingerprint density at radius 3 is 2.82 bits per heavy atom. The predicted molar refractivity (Wildman–Crippen MR) is 39.0 cm³/mol. The highest BCUT2D eigenvalue weighted by Gasteiger charge is 2.29. The Hall–Kier alpha value is -0.700. The quantitative estimate of drug-likeness (QED) is 0.607. The zero-order valence-electron chi connectivity index (χ0n) is 5.72. The molecule has 0 amide bonds.